The zero-order valence-electron chi connectivity index (χ0n) is 20.8. The summed E-state index contributed by atoms with van der Waals surface area (Å²) >= 11 is 6.90. The second kappa shape index (κ2) is 11.8. The van der Waals surface area contributed by atoms with Gasteiger partial charge in [-0.15, -0.1) is 0 Å². The molecule has 0 saturated carbocycles. The molecule has 0 bridgehead atoms. The topological polar surface area (TPSA) is 80.5 Å². The Morgan fingerprint density at radius 3 is 2.08 bits per heavy atom. The summed E-state index contributed by atoms with van der Waals surface area (Å²) in [5, 5.41) is 11.9. The quantitative estimate of drug-likeness (QED) is 0.134. The maximum absolute atomic E-state index is 14.4. The van der Waals surface area contributed by atoms with Crippen LogP contribution in [0.3, 0.4) is 0 Å². The number of nitrogens with zero attached hydrogens (tertiary/aromatic N) is 2. The molecule has 9 heteroatoms. The summed E-state index contributed by atoms with van der Waals surface area (Å²) in [4.78, 5) is 10.9. The highest BCUT2D eigenvalue weighted by Crippen LogP contribution is 2.41. The van der Waals surface area contributed by atoms with Crippen LogP contribution >= 0.6 is 31.9 Å². The number of aryl methyl sites for hydroxylation is 1. The minimum atomic E-state index is -4.38. The third-order valence-electron chi connectivity index (χ3n) is 6.33. The van der Waals surface area contributed by atoms with Gasteiger partial charge in [-0.2, -0.15) is 0 Å². The molecule has 4 aromatic carbocycles. The lowest BCUT2D eigenvalue weighted by Crippen LogP contribution is -2.39. The first-order chi connectivity index (χ1) is 18.1. The standard InChI is InChI=1S/C29H26Br2N2O4S/c1-20-6-5-7-23(18-20)29(21(2)19-22-10-12-24(30)13-11-22)32(26-16-14-25(31)15-17-26)38(36,37)28-9-4-3-8-27(28)33(34)35/h3-18,21,29H,19H2,1-2H3. The van der Waals surface area contributed by atoms with Crippen molar-refractivity contribution in [1.82, 2.24) is 0 Å². The van der Waals surface area contributed by atoms with Gasteiger partial charge in [0.1, 0.15) is 0 Å². The molecule has 0 aliphatic heterocycles. The molecule has 196 valence electrons. The van der Waals surface area contributed by atoms with E-state index in [1.54, 1.807) is 24.3 Å². The smallest absolute Gasteiger partial charge is 0.258 e. The number of sulfonamides is 1. The molecule has 4 aromatic rings. The van der Waals surface area contributed by atoms with E-state index in [0.717, 1.165) is 25.6 Å². The van der Waals surface area contributed by atoms with E-state index in [1.807, 2.05) is 62.4 Å². The fourth-order valence-electron chi connectivity index (χ4n) is 4.62. The highest BCUT2D eigenvalue weighted by Gasteiger charge is 2.39. The monoisotopic (exact) mass is 656 g/mol. The number of rotatable bonds is 9. The number of nitro benzene ring substituents is 1. The number of hydrogen-bond acceptors (Lipinski definition) is 4. The van der Waals surface area contributed by atoms with Crippen molar-refractivity contribution in [3.8, 4) is 0 Å². The Hall–Kier alpha value is -3.01. The van der Waals surface area contributed by atoms with Gasteiger partial charge >= 0.3 is 0 Å². The van der Waals surface area contributed by atoms with Crippen LogP contribution in [0.25, 0.3) is 0 Å². The van der Waals surface area contributed by atoms with Gasteiger partial charge in [-0.05, 0) is 72.9 Å². The van der Waals surface area contributed by atoms with Crippen molar-refractivity contribution in [3.63, 3.8) is 0 Å². The molecule has 0 aliphatic rings. The van der Waals surface area contributed by atoms with E-state index in [1.165, 1.54) is 28.6 Å². The Labute approximate surface area is 239 Å². The molecule has 2 atom stereocenters. The summed E-state index contributed by atoms with van der Waals surface area (Å²) in [6.07, 6.45) is 0.589. The highest BCUT2D eigenvalue weighted by molar-refractivity contribution is 9.10. The molecule has 0 spiro atoms. The number of benzene rings is 4. The zero-order chi connectivity index (χ0) is 27.4. The van der Waals surface area contributed by atoms with Crippen molar-refractivity contribution in [2.24, 2.45) is 5.92 Å². The molecule has 0 saturated heterocycles. The SMILES string of the molecule is Cc1cccc(C(C(C)Cc2ccc(Br)cc2)N(c2ccc(Br)cc2)S(=O)(=O)c2ccccc2[N+](=O)[O-])c1. The van der Waals surface area contributed by atoms with Crippen LogP contribution in [0.4, 0.5) is 11.4 Å². The minimum absolute atomic E-state index is 0.195. The summed E-state index contributed by atoms with van der Waals surface area (Å²) in [5.74, 6) is -0.195. The molecule has 0 radical (unpaired) electrons. The van der Waals surface area contributed by atoms with Crippen molar-refractivity contribution >= 4 is 53.3 Å². The lowest BCUT2D eigenvalue weighted by atomic mass is 9.88. The summed E-state index contributed by atoms with van der Waals surface area (Å²) in [7, 11) is -4.38. The van der Waals surface area contributed by atoms with Crippen LogP contribution < -0.4 is 4.31 Å². The molecule has 0 amide bonds. The molecule has 38 heavy (non-hydrogen) atoms. The van der Waals surface area contributed by atoms with Crippen LogP contribution in [-0.2, 0) is 16.4 Å². The largest absolute Gasteiger partial charge is 0.289 e. The molecular formula is C29H26Br2N2O4S. The van der Waals surface area contributed by atoms with Crippen molar-refractivity contribution in [2.75, 3.05) is 4.31 Å². The second-order valence-corrected chi connectivity index (χ2v) is 12.8. The fourth-order valence-corrected chi connectivity index (χ4v) is 7.05. The van der Waals surface area contributed by atoms with Gasteiger partial charge in [-0.25, -0.2) is 8.42 Å². The predicted octanol–water partition coefficient (Wildman–Crippen LogP) is 8.24. The third-order valence-corrected chi connectivity index (χ3v) is 9.24. The molecule has 0 aliphatic carbocycles. The predicted molar refractivity (Wildman–Crippen MR) is 158 cm³/mol. The Bertz CT molecular complexity index is 1540. The van der Waals surface area contributed by atoms with Crippen LogP contribution in [0.1, 0.15) is 29.7 Å². The Kier molecular flexibility index (Phi) is 8.70. The van der Waals surface area contributed by atoms with Crippen molar-refractivity contribution < 1.29 is 13.3 Å². The first kappa shape index (κ1) is 28.0. The van der Waals surface area contributed by atoms with Crippen LogP contribution in [0.2, 0.25) is 0 Å². The van der Waals surface area contributed by atoms with Crippen LogP contribution in [0.5, 0.6) is 0 Å². The van der Waals surface area contributed by atoms with E-state index in [9.17, 15) is 18.5 Å². The van der Waals surface area contributed by atoms with Gasteiger partial charge in [0, 0.05) is 15.0 Å². The lowest BCUT2D eigenvalue weighted by Gasteiger charge is -2.37. The Morgan fingerprint density at radius 2 is 1.47 bits per heavy atom. The first-order valence-electron chi connectivity index (χ1n) is 11.9. The van der Waals surface area contributed by atoms with Gasteiger partial charge in [-0.3, -0.25) is 14.4 Å². The average molecular weight is 658 g/mol. The van der Waals surface area contributed by atoms with Crippen LogP contribution in [-0.4, -0.2) is 13.3 Å². The Balaban J connectivity index is 1.95. The van der Waals surface area contributed by atoms with E-state index >= 15 is 0 Å². The zero-order valence-corrected chi connectivity index (χ0v) is 24.8. The van der Waals surface area contributed by atoms with E-state index in [2.05, 4.69) is 31.9 Å². The normalized spacial score (nSPS) is 13.1. The van der Waals surface area contributed by atoms with E-state index < -0.39 is 26.7 Å². The maximum Gasteiger partial charge on any atom is 0.289 e. The third kappa shape index (κ3) is 6.17. The first-order valence-corrected chi connectivity index (χ1v) is 14.9. The van der Waals surface area contributed by atoms with Crippen LogP contribution in [0.15, 0.2) is 111 Å². The molecule has 4 rings (SSSR count). The molecular weight excluding hydrogens is 632 g/mol. The number of nitro groups is 1. The van der Waals surface area contributed by atoms with Crippen LogP contribution in [0, 0.1) is 23.0 Å². The Morgan fingerprint density at radius 1 is 0.868 bits per heavy atom. The van der Waals surface area contributed by atoms with Gasteiger partial charge in [0.05, 0.1) is 16.7 Å². The van der Waals surface area contributed by atoms with Crippen molar-refractivity contribution in [1.29, 1.82) is 0 Å². The molecule has 0 heterocycles. The van der Waals surface area contributed by atoms with Gasteiger partial charge in [0.25, 0.3) is 15.7 Å². The summed E-state index contributed by atoms with van der Waals surface area (Å²) in [5.41, 5.74) is 2.80. The van der Waals surface area contributed by atoms with Gasteiger partial charge in [-0.1, -0.05) is 92.9 Å². The summed E-state index contributed by atoms with van der Waals surface area (Å²) < 4.78 is 32.0. The van der Waals surface area contributed by atoms with Gasteiger partial charge in [0.2, 0.25) is 0 Å². The number of para-hydroxylation sites is 1. The van der Waals surface area contributed by atoms with Crippen molar-refractivity contribution in [3.05, 3.63) is 133 Å². The fraction of sp³-hybridized carbons (Fsp3) is 0.172. The highest BCUT2D eigenvalue weighted by atomic mass is 79.9. The van der Waals surface area contributed by atoms with E-state index in [4.69, 9.17) is 0 Å². The second-order valence-electron chi connectivity index (χ2n) is 9.17. The molecule has 0 aromatic heterocycles. The van der Waals surface area contributed by atoms with E-state index in [0.29, 0.717) is 12.1 Å². The molecule has 0 fully saturated rings. The molecule has 0 N–H and O–H groups in total. The molecule has 2 unspecified atom stereocenters. The lowest BCUT2D eigenvalue weighted by molar-refractivity contribution is -0.387. The molecule has 6 nitrogen and oxygen atoms in total. The van der Waals surface area contributed by atoms with Gasteiger partial charge < -0.3 is 0 Å². The maximum atomic E-state index is 14.4. The number of anilines is 1. The van der Waals surface area contributed by atoms with E-state index in [-0.39, 0.29) is 10.8 Å². The summed E-state index contributed by atoms with van der Waals surface area (Å²) in [6.45, 7) is 3.97. The average Bonchev–Trinajstić information content (AvgIpc) is 2.89. The summed E-state index contributed by atoms with van der Waals surface area (Å²) in [6, 6.07) is 27.5. The van der Waals surface area contributed by atoms with Gasteiger partial charge in [0.15, 0.2) is 4.90 Å². The minimum Gasteiger partial charge on any atom is -0.258 e. The van der Waals surface area contributed by atoms with Crippen molar-refractivity contribution in [2.45, 2.75) is 31.2 Å². The number of hydrogen-bond donors (Lipinski definition) is 0. The number of halogens is 2.